The molecule has 16 heavy (non-hydrogen) atoms. The van der Waals surface area contributed by atoms with E-state index >= 15 is 0 Å². The van der Waals surface area contributed by atoms with Gasteiger partial charge in [-0.2, -0.15) is 0 Å². The lowest BCUT2D eigenvalue weighted by Gasteiger charge is -2.44. The zero-order valence-corrected chi connectivity index (χ0v) is 10.8. The van der Waals surface area contributed by atoms with E-state index in [1.807, 2.05) is 0 Å². The van der Waals surface area contributed by atoms with E-state index in [4.69, 9.17) is 0 Å². The monoisotopic (exact) mass is 222 g/mol. The summed E-state index contributed by atoms with van der Waals surface area (Å²) in [5, 5.41) is 3.58. The molecule has 3 fully saturated rings. The van der Waals surface area contributed by atoms with E-state index in [1.54, 1.807) is 0 Å². The van der Waals surface area contributed by atoms with Crippen molar-refractivity contribution in [3.8, 4) is 0 Å². The van der Waals surface area contributed by atoms with Gasteiger partial charge in [0, 0.05) is 31.7 Å². The van der Waals surface area contributed by atoms with Gasteiger partial charge in [-0.05, 0) is 43.4 Å². The summed E-state index contributed by atoms with van der Waals surface area (Å²) >= 11 is 0. The molecule has 2 saturated carbocycles. The minimum absolute atomic E-state index is 0.792. The highest BCUT2D eigenvalue weighted by Gasteiger charge is 2.46. The van der Waals surface area contributed by atoms with Crippen molar-refractivity contribution in [1.29, 1.82) is 0 Å². The molecule has 0 radical (unpaired) electrons. The van der Waals surface area contributed by atoms with Crippen LogP contribution in [-0.4, -0.2) is 36.6 Å². The van der Waals surface area contributed by atoms with Gasteiger partial charge < -0.3 is 5.32 Å². The minimum Gasteiger partial charge on any atom is -0.314 e. The van der Waals surface area contributed by atoms with Crippen molar-refractivity contribution < 1.29 is 0 Å². The molecule has 1 aliphatic heterocycles. The van der Waals surface area contributed by atoms with Gasteiger partial charge in [0.25, 0.3) is 0 Å². The third kappa shape index (κ3) is 2.14. The van der Waals surface area contributed by atoms with E-state index in [9.17, 15) is 0 Å². The number of rotatable bonds is 4. The number of nitrogens with zero attached hydrogens (tertiary/aromatic N) is 1. The van der Waals surface area contributed by atoms with Gasteiger partial charge in [-0.1, -0.05) is 13.8 Å². The van der Waals surface area contributed by atoms with Crippen LogP contribution in [0.5, 0.6) is 0 Å². The van der Waals surface area contributed by atoms with Crippen LogP contribution in [0.3, 0.4) is 0 Å². The zero-order chi connectivity index (χ0) is 11.1. The van der Waals surface area contributed by atoms with Gasteiger partial charge in [0.15, 0.2) is 0 Å². The molecule has 0 aromatic heterocycles. The van der Waals surface area contributed by atoms with Gasteiger partial charge >= 0.3 is 0 Å². The van der Waals surface area contributed by atoms with E-state index < -0.39 is 0 Å². The maximum Gasteiger partial charge on any atom is 0.0247 e. The summed E-state index contributed by atoms with van der Waals surface area (Å²) in [6.45, 7) is 8.50. The highest BCUT2D eigenvalue weighted by Crippen LogP contribution is 2.48. The van der Waals surface area contributed by atoms with Gasteiger partial charge in [-0.3, -0.25) is 4.90 Å². The van der Waals surface area contributed by atoms with Crippen LogP contribution in [0.2, 0.25) is 0 Å². The molecule has 92 valence electrons. The largest absolute Gasteiger partial charge is 0.314 e. The molecule has 0 aromatic carbocycles. The summed E-state index contributed by atoms with van der Waals surface area (Å²) < 4.78 is 0. The van der Waals surface area contributed by atoms with E-state index in [0.29, 0.717) is 0 Å². The molecule has 3 aliphatic rings. The van der Waals surface area contributed by atoms with Crippen LogP contribution in [0.1, 0.15) is 39.5 Å². The Morgan fingerprint density at radius 2 is 1.69 bits per heavy atom. The maximum atomic E-state index is 3.58. The molecule has 0 bridgehead atoms. The van der Waals surface area contributed by atoms with Gasteiger partial charge in [-0.25, -0.2) is 0 Å². The molecule has 1 N–H and O–H groups in total. The Hall–Kier alpha value is -0.0800. The molecule has 1 heterocycles. The molecule has 2 heteroatoms. The molecule has 0 amide bonds. The van der Waals surface area contributed by atoms with Crippen LogP contribution in [0, 0.1) is 17.8 Å². The first kappa shape index (κ1) is 11.0. The second kappa shape index (κ2) is 4.30. The molecule has 2 aliphatic carbocycles. The van der Waals surface area contributed by atoms with Crippen LogP contribution < -0.4 is 5.32 Å². The molecule has 3 rings (SSSR count). The van der Waals surface area contributed by atoms with Crippen molar-refractivity contribution in [3.05, 3.63) is 0 Å². The lowest BCUT2D eigenvalue weighted by Crippen LogP contribution is -2.58. The first-order valence-electron chi connectivity index (χ1n) is 7.24. The molecule has 2 nitrogen and oxygen atoms in total. The summed E-state index contributed by atoms with van der Waals surface area (Å²) in [5.74, 6) is 2.92. The number of hydrogen-bond acceptors (Lipinski definition) is 2. The Labute approximate surface area is 99.8 Å². The van der Waals surface area contributed by atoms with E-state index in [2.05, 4.69) is 24.1 Å². The molecule has 1 unspecified atom stereocenters. The van der Waals surface area contributed by atoms with Gasteiger partial charge in [0.05, 0.1) is 0 Å². The fourth-order valence-electron chi connectivity index (χ4n) is 3.53. The van der Waals surface area contributed by atoms with Gasteiger partial charge in [0.2, 0.25) is 0 Å². The second-order valence-corrected chi connectivity index (χ2v) is 6.42. The first-order valence-corrected chi connectivity index (χ1v) is 7.24. The van der Waals surface area contributed by atoms with Crippen LogP contribution in [-0.2, 0) is 0 Å². The average Bonchev–Trinajstić information content (AvgIpc) is 3.13. The molecule has 0 aromatic rings. The highest BCUT2D eigenvalue weighted by atomic mass is 15.3. The number of piperazine rings is 1. The normalized spacial score (nSPS) is 32.6. The van der Waals surface area contributed by atoms with E-state index in [1.165, 1.54) is 45.3 Å². The Morgan fingerprint density at radius 1 is 1.06 bits per heavy atom. The standard InChI is InChI=1S/C14H26N2/c1-10(2)13-9-15-7-8-16(13)14(11-3-4-11)12-5-6-12/h10-15H,3-9H2,1-2H3. The average molecular weight is 222 g/mol. The Kier molecular flexibility index (Phi) is 2.97. The van der Waals surface area contributed by atoms with Gasteiger partial charge in [-0.15, -0.1) is 0 Å². The Balaban J connectivity index is 1.72. The number of nitrogens with one attached hydrogen (secondary N) is 1. The van der Waals surface area contributed by atoms with Gasteiger partial charge in [0.1, 0.15) is 0 Å². The third-order valence-electron chi connectivity index (χ3n) is 4.69. The third-order valence-corrected chi connectivity index (χ3v) is 4.69. The predicted octanol–water partition coefficient (Wildman–Crippen LogP) is 2.10. The Bertz CT molecular complexity index is 231. The molecule has 1 atom stereocenters. The van der Waals surface area contributed by atoms with Crippen LogP contribution >= 0.6 is 0 Å². The van der Waals surface area contributed by atoms with Crippen molar-refractivity contribution in [2.75, 3.05) is 19.6 Å². The summed E-state index contributed by atoms with van der Waals surface area (Å²) in [5.41, 5.74) is 0. The maximum absolute atomic E-state index is 3.58. The predicted molar refractivity (Wildman–Crippen MR) is 67.4 cm³/mol. The lowest BCUT2D eigenvalue weighted by molar-refractivity contribution is 0.0550. The van der Waals surface area contributed by atoms with Crippen molar-refractivity contribution in [1.82, 2.24) is 10.2 Å². The van der Waals surface area contributed by atoms with Crippen molar-refractivity contribution in [2.24, 2.45) is 17.8 Å². The lowest BCUT2D eigenvalue weighted by atomic mass is 9.95. The van der Waals surface area contributed by atoms with Crippen molar-refractivity contribution in [2.45, 2.75) is 51.6 Å². The fourth-order valence-corrected chi connectivity index (χ4v) is 3.53. The van der Waals surface area contributed by atoms with Crippen molar-refractivity contribution in [3.63, 3.8) is 0 Å². The molecule has 0 spiro atoms. The topological polar surface area (TPSA) is 15.3 Å². The van der Waals surface area contributed by atoms with E-state index in [0.717, 1.165) is 29.8 Å². The van der Waals surface area contributed by atoms with Crippen LogP contribution in [0.15, 0.2) is 0 Å². The first-order chi connectivity index (χ1) is 7.77. The summed E-state index contributed by atoms with van der Waals surface area (Å²) in [6.07, 6.45) is 6.04. The minimum atomic E-state index is 0.792. The quantitative estimate of drug-likeness (QED) is 0.783. The second-order valence-electron chi connectivity index (χ2n) is 6.42. The Morgan fingerprint density at radius 3 is 2.19 bits per heavy atom. The molecule has 1 saturated heterocycles. The highest BCUT2D eigenvalue weighted by molar-refractivity contribution is 5.01. The van der Waals surface area contributed by atoms with Crippen molar-refractivity contribution >= 4 is 0 Å². The fraction of sp³-hybridized carbons (Fsp3) is 1.00. The smallest absolute Gasteiger partial charge is 0.0247 e. The van der Waals surface area contributed by atoms with E-state index in [-0.39, 0.29) is 0 Å². The SMILES string of the molecule is CC(C)C1CNCCN1C(C1CC1)C1CC1. The van der Waals surface area contributed by atoms with Crippen LogP contribution in [0.25, 0.3) is 0 Å². The summed E-state index contributed by atoms with van der Waals surface area (Å²) in [4.78, 5) is 2.89. The summed E-state index contributed by atoms with van der Waals surface area (Å²) in [6, 6.07) is 1.74. The van der Waals surface area contributed by atoms with Crippen LogP contribution in [0.4, 0.5) is 0 Å². The molecular weight excluding hydrogens is 196 g/mol. The number of hydrogen-bond donors (Lipinski definition) is 1. The summed E-state index contributed by atoms with van der Waals surface area (Å²) in [7, 11) is 0. The molecular formula is C14H26N2. The zero-order valence-electron chi connectivity index (χ0n) is 10.8.